The normalized spacial score (nSPS) is 21.6. The zero-order chi connectivity index (χ0) is 14.8. The topological polar surface area (TPSA) is 32.5 Å². The molecule has 3 nitrogen and oxygen atoms in total. The maximum absolute atomic E-state index is 6.43. The van der Waals surface area contributed by atoms with E-state index in [2.05, 4.69) is 61.8 Å². The van der Waals surface area contributed by atoms with Crippen LogP contribution in [-0.2, 0) is 0 Å². The summed E-state index contributed by atoms with van der Waals surface area (Å²) in [5.74, 6) is 0. The highest BCUT2D eigenvalue weighted by Gasteiger charge is 2.29. The molecule has 0 bridgehead atoms. The van der Waals surface area contributed by atoms with Crippen LogP contribution < -0.4 is 5.73 Å². The summed E-state index contributed by atoms with van der Waals surface area (Å²) in [5.41, 5.74) is 7.94. The van der Waals surface area contributed by atoms with Crippen LogP contribution in [0.3, 0.4) is 0 Å². The molecular weight excluding hydrogens is 246 g/mol. The SMILES string of the molecule is CC(C(N)c1ccccc1)N1CCN(C(C)(C)C)CC1. The second-order valence-corrected chi connectivity index (χ2v) is 6.87. The molecule has 1 aromatic rings. The van der Waals surface area contributed by atoms with Crippen LogP contribution in [0.1, 0.15) is 39.3 Å². The molecule has 1 fully saturated rings. The van der Waals surface area contributed by atoms with Gasteiger partial charge >= 0.3 is 0 Å². The Bertz CT molecular complexity index is 402. The Hall–Kier alpha value is -0.900. The maximum atomic E-state index is 6.43. The van der Waals surface area contributed by atoms with Crippen molar-refractivity contribution in [1.82, 2.24) is 9.80 Å². The Morgan fingerprint density at radius 2 is 1.55 bits per heavy atom. The summed E-state index contributed by atoms with van der Waals surface area (Å²) >= 11 is 0. The third-order valence-corrected chi connectivity index (χ3v) is 4.54. The molecule has 1 saturated heterocycles. The lowest BCUT2D eigenvalue weighted by Gasteiger charge is -2.45. The van der Waals surface area contributed by atoms with E-state index < -0.39 is 0 Å². The predicted molar refractivity (Wildman–Crippen MR) is 85.7 cm³/mol. The largest absolute Gasteiger partial charge is 0.323 e. The molecule has 0 aromatic heterocycles. The van der Waals surface area contributed by atoms with Gasteiger partial charge in [-0.05, 0) is 33.3 Å². The molecule has 1 heterocycles. The van der Waals surface area contributed by atoms with Gasteiger partial charge in [-0.15, -0.1) is 0 Å². The van der Waals surface area contributed by atoms with Crippen LogP contribution in [0.15, 0.2) is 30.3 Å². The van der Waals surface area contributed by atoms with Gasteiger partial charge in [0.2, 0.25) is 0 Å². The lowest BCUT2D eigenvalue weighted by molar-refractivity contribution is 0.0401. The minimum absolute atomic E-state index is 0.0948. The van der Waals surface area contributed by atoms with E-state index in [1.54, 1.807) is 0 Å². The summed E-state index contributed by atoms with van der Waals surface area (Å²) in [4.78, 5) is 5.09. The Kier molecular flexibility index (Phi) is 4.84. The summed E-state index contributed by atoms with van der Waals surface area (Å²) in [7, 11) is 0. The van der Waals surface area contributed by atoms with Crippen molar-refractivity contribution in [2.45, 2.75) is 45.3 Å². The van der Waals surface area contributed by atoms with Crippen molar-refractivity contribution in [2.24, 2.45) is 5.73 Å². The van der Waals surface area contributed by atoms with Gasteiger partial charge in [0, 0.05) is 43.8 Å². The first-order chi connectivity index (χ1) is 9.39. The monoisotopic (exact) mass is 275 g/mol. The highest BCUT2D eigenvalue weighted by atomic mass is 15.3. The number of hydrogen-bond donors (Lipinski definition) is 1. The summed E-state index contributed by atoms with van der Waals surface area (Å²) < 4.78 is 0. The van der Waals surface area contributed by atoms with E-state index in [4.69, 9.17) is 5.73 Å². The van der Waals surface area contributed by atoms with Crippen LogP contribution in [-0.4, -0.2) is 47.6 Å². The molecule has 2 atom stereocenters. The quantitative estimate of drug-likeness (QED) is 0.920. The van der Waals surface area contributed by atoms with E-state index in [9.17, 15) is 0 Å². The van der Waals surface area contributed by atoms with Gasteiger partial charge in [0.25, 0.3) is 0 Å². The van der Waals surface area contributed by atoms with Crippen molar-refractivity contribution in [3.05, 3.63) is 35.9 Å². The van der Waals surface area contributed by atoms with Crippen LogP contribution in [0, 0.1) is 0 Å². The first kappa shape index (κ1) is 15.5. The van der Waals surface area contributed by atoms with Gasteiger partial charge in [0.15, 0.2) is 0 Å². The molecule has 2 N–H and O–H groups in total. The van der Waals surface area contributed by atoms with Crippen LogP contribution in [0.4, 0.5) is 0 Å². The van der Waals surface area contributed by atoms with E-state index >= 15 is 0 Å². The molecule has 0 radical (unpaired) electrons. The molecule has 20 heavy (non-hydrogen) atoms. The third kappa shape index (κ3) is 3.60. The molecule has 0 amide bonds. The minimum Gasteiger partial charge on any atom is -0.323 e. The average Bonchev–Trinajstić information content (AvgIpc) is 2.46. The number of nitrogens with zero attached hydrogens (tertiary/aromatic N) is 2. The minimum atomic E-state index is 0.0948. The molecule has 2 unspecified atom stereocenters. The van der Waals surface area contributed by atoms with Gasteiger partial charge in [0.05, 0.1) is 0 Å². The number of nitrogens with two attached hydrogens (primary N) is 1. The zero-order valence-electron chi connectivity index (χ0n) is 13.3. The van der Waals surface area contributed by atoms with E-state index in [1.807, 2.05) is 6.07 Å². The van der Waals surface area contributed by atoms with Gasteiger partial charge in [-0.2, -0.15) is 0 Å². The lowest BCUT2D eigenvalue weighted by Crippen LogP contribution is -2.56. The lowest BCUT2D eigenvalue weighted by atomic mass is 9.99. The van der Waals surface area contributed by atoms with Crippen molar-refractivity contribution in [3.8, 4) is 0 Å². The predicted octanol–water partition coefficient (Wildman–Crippen LogP) is 2.49. The summed E-state index contributed by atoms with van der Waals surface area (Å²) in [6, 6.07) is 10.9. The van der Waals surface area contributed by atoms with Crippen LogP contribution in [0.2, 0.25) is 0 Å². The van der Waals surface area contributed by atoms with E-state index in [1.165, 1.54) is 5.56 Å². The number of piperazine rings is 1. The molecule has 0 saturated carbocycles. The van der Waals surface area contributed by atoms with Crippen LogP contribution in [0.5, 0.6) is 0 Å². The van der Waals surface area contributed by atoms with Gasteiger partial charge in [-0.25, -0.2) is 0 Å². The molecule has 112 valence electrons. The molecule has 0 spiro atoms. The van der Waals surface area contributed by atoms with Gasteiger partial charge in [-0.3, -0.25) is 9.80 Å². The number of hydrogen-bond acceptors (Lipinski definition) is 3. The van der Waals surface area contributed by atoms with E-state index in [0.29, 0.717) is 6.04 Å². The number of rotatable bonds is 3. The average molecular weight is 275 g/mol. The van der Waals surface area contributed by atoms with Crippen LogP contribution >= 0.6 is 0 Å². The van der Waals surface area contributed by atoms with E-state index in [0.717, 1.165) is 26.2 Å². The summed E-state index contributed by atoms with van der Waals surface area (Å²) in [5, 5.41) is 0. The standard InChI is InChI=1S/C17H29N3/c1-14(16(18)15-8-6-5-7-9-15)19-10-12-20(13-11-19)17(2,3)4/h5-9,14,16H,10-13,18H2,1-4H3. The number of benzene rings is 1. The van der Waals surface area contributed by atoms with Crippen molar-refractivity contribution in [3.63, 3.8) is 0 Å². The Labute approximate surface area is 123 Å². The molecule has 2 rings (SSSR count). The van der Waals surface area contributed by atoms with Gasteiger partial charge < -0.3 is 5.73 Å². The Morgan fingerprint density at radius 3 is 2.05 bits per heavy atom. The molecule has 1 aromatic carbocycles. The molecule has 1 aliphatic rings. The van der Waals surface area contributed by atoms with Crippen molar-refractivity contribution in [2.75, 3.05) is 26.2 Å². The van der Waals surface area contributed by atoms with Crippen molar-refractivity contribution >= 4 is 0 Å². The molecule has 3 heteroatoms. The second-order valence-electron chi connectivity index (χ2n) is 6.87. The zero-order valence-corrected chi connectivity index (χ0v) is 13.3. The third-order valence-electron chi connectivity index (χ3n) is 4.54. The fraction of sp³-hybridized carbons (Fsp3) is 0.647. The van der Waals surface area contributed by atoms with Crippen molar-refractivity contribution in [1.29, 1.82) is 0 Å². The van der Waals surface area contributed by atoms with E-state index in [-0.39, 0.29) is 11.6 Å². The highest BCUT2D eigenvalue weighted by molar-refractivity contribution is 5.20. The van der Waals surface area contributed by atoms with Crippen LogP contribution in [0.25, 0.3) is 0 Å². The molecule has 0 aliphatic carbocycles. The summed E-state index contributed by atoms with van der Waals surface area (Å²) in [6.07, 6.45) is 0. The fourth-order valence-corrected chi connectivity index (χ4v) is 2.98. The summed E-state index contributed by atoms with van der Waals surface area (Å²) in [6.45, 7) is 13.6. The van der Waals surface area contributed by atoms with Gasteiger partial charge in [-0.1, -0.05) is 30.3 Å². The van der Waals surface area contributed by atoms with Gasteiger partial charge in [0.1, 0.15) is 0 Å². The Morgan fingerprint density at radius 1 is 1.00 bits per heavy atom. The molecular formula is C17H29N3. The first-order valence-electron chi connectivity index (χ1n) is 7.69. The Balaban J connectivity index is 1.93. The fourth-order valence-electron chi connectivity index (χ4n) is 2.98. The highest BCUT2D eigenvalue weighted by Crippen LogP contribution is 2.22. The smallest absolute Gasteiger partial charge is 0.0450 e. The first-order valence-corrected chi connectivity index (χ1v) is 7.69. The maximum Gasteiger partial charge on any atom is 0.0450 e. The van der Waals surface area contributed by atoms with Crippen molar-refractivity contribution < 1.29 is 0 Å². The molecule has 1 aliphatic heterocycles. The second kappa shape index (κ2) is 6.25.